The van der Waals surface area contributed by atoms with Crippen LogP contribution < -0.4 is 5.56 Å². The van der Waals surface area contributed by atoms with Crippen LogP contribution in [0.25, 0.3) is 0 Å². The van der Waals surface area contributed by atoms with E-state index < -0.39 is 0 Å². The molecule has 92 valence electrons. The molecule has 2 aromatic heterocycles. The number of hydrogen-bond donors (Lipinski definition) is 0. The maximum absolute atomic E-state index is 12.0. The van der Waals surface area contributed by atoms with Gasteiger partial charge in [-0.3, -0.25) is 4.79 Å². The van der Waals surface area contributed by atoms with Crippen LogP contribution in [0.2, 0.25) is 0 Å². The summed E-state index contributed by atoms with van der Waals surface area (Å²) in [6, 6.07) is 5.30. The number of aryl methyl sites for hydroxylation is 3. The van der Waals surface area contributed by atoms with Crippen molar-refractivity contribution in [2.75, 3.05) is 0 Å². The van der Waals surface area contributed by atoms with Gasteiger partial charge in [0.1, 0.15) is 11.6 Å². The Morgan fingerprint density at radius 2 is 2.22 bits per heavy atom. The minimum Gasteiger partial charge on any atom is -0.311 e. The average molecular weight is 259 g/mol. The molecule has 0 spiro atoms. The van der Waals surface area contributed by atoms with E-state index in [0.29, 0.717) is 6.54 Å². The van der Waals surface area contributed by atoms with Crippen molar-refractivity contribution in [2.24, 2.45) is 0 Å². The first-order chi connectivity index (χ1) is 8.63. The van der Waals surface area contributed by atoms with Crippen molar-refractivity contribution in [3.8, 4) is 6.07 Å². The molecule has 0 N–H and O–H groups in total. The molecule has 0 atom stereocenters. The number of thiazole rings is 1. The number of nitriles is 1. The summed E-state index contributed by atoms with van der Waals surface area (Å²) in [6.45, 7) is 4.43. The SMILES string of the molecule is Cc1ncsc1CCn1c(C)ccc(C#N)c1=O. The average Bonchev–Trinajstić information content (AvgIpc) is 2.75. The Labute approximate surface area is 109 Å². The van der Waals surface area contributed by atoms with Crippen molar-refractivity contribution in [2.45, 2.75) is 26.8 Å². The van der Waals surface area contributed by atoms with Crippen LogP contribution in [-0.2, 0) is 13.0 Å². The molecule has 4 nitrogen and oxygen atoms in total. The molecule has 0 saturated carbocycles. The summed E-state index contributed by atoms with van der Waals surface area (Å²) < 4.78 is 1.65. The fourth-order valence-electron chi connectivity index (χ4n) is 1.81. The predicted octanol–water partition coefficient (Wildman–Crippen LogP) is 2.04. The van der Waals surface area contributed by atoms with E-state index in [9.17, 15) is 4.79 Å². The van der Waals surface area contributed by atoms with Gasteiger partial charge in [0.25, 0.3) is 5.56 Å². The highest BCUT2D eigenvalue weighted by molar-refractivity contribution is 7.09. The van der Waals surface area contributed by atoms with Crippen LogP contribution in [0.4, 0.5) is 0 Å². The van der Waals surface area contributed by atoms with Crippen LogP contribution in [0.5, 0.6) is 0 Å². The van der Waals surface area contributed by atoms with Crippen LogP contribution in [0, 0.1) is 25.2 Å². The van der Waals surface area contributed by atoms with Gasteiger partial charge in [-0.2, -0.15) is 5.26 Å². The molecule has 0 bridgehead atoms. The standard InChI is InChI=1S/C13H13N3OS/c1-9-3-4-11(7-14)13(17)16(9)6-5-12-10(2)15-8-18-12/h3-4,8H,5-6H2,1-2H3. The van der Waals surface area contributed by atoms with E-state index >= 15 is 0 Å². The molecule has 0 saturated heterocycles. The van der Waals surface area contributed by atoms with Gasteiger partial charge in [-0.15, -0.1) is 11.3 Å². The third kappa shape index (κ3) is 2.34. The lowest BCUT2D eigenvalue weighted by Gasteiger charge is -2.09. The van der Waals surface area contributed by atoms with Gasteiger partial charge in [-0.25, -0.2) is 4.98 Å². The highest BCUT2D eigenvalue weighted by atomic mass is 32.1. The summed E-state index contributed by atoms with van der Waals surface area (Å²) in [7, 11) is 0. The Bertz CT molecular complexity index is 664. The second-order valence-corrected chi connectivity index (χ2v) is 5.01. The molecule has 2 heterocycles. The zero-order valence-corrected chi connectivity index (χ0v) is 11.1. The van der Waals surface area contributed by atoms with E-state index in [1.807, 2.05) is 25.4 Å². The van der Waals surface area contributed by atoms with Crippen LogP contribution in [0.1, 0.15) is 21.8 Å². The number of rotatable bonds is 3. The lowest BCUT2D eigenvalue weighted by atomic mass is 10.2. The first-order valence-electron chi connectivity index (χ1n) is 5.63. The Hall–Kier alpha value is -1.93. The minimum atomic E-state index is -0.209. The van der Waals surface area contributed by atoms with Crippen LogP contribution in [0.15, 0.2) is 22.4 Å². The molecular weight excluding hydrogens is 246 g/mol. The van der Waals surface area contributed by atoms with Crippen molar-refractivity contribution >= 4 is 11.3 Å². The Morgan fingerprint density at radius 3 is 2.83 bits per heavy atom. The molecule has 0 aliphatic rings. The monoisotopic (exact) mass is 259 g/mol. The molecule has 0 aliphatic heterocycles. The molecule has 0 unspecified atom stereocenters. The largest absolute Gasteiger partial charge is 0.311 e. The molecule has 2 rings (SSSR count). The Kier molecular flexibility index (Phi) is 3.58. The van der Waals surface area contributed by atoms with Gasteiger partial charge in [-0.05, 0) is 26.0 Å². The summed E-state index contributed by atoms with van der Waals surface area (Å²) in [5.74, 6) is 0. The van der Waals surface area contributed by atoms with Crippen molar-refractivity contribution in [1.29, 1.82) is 5.26 Å². The van der Waals surface area contributed by atoms with E-state index in [0.717, 1.165) is 17.8 Å². The second kappa shape index (κ2) is 5.15. The molecule has 0 radical (unpaired) electrons. The lowest BCUT2D eigenvalue weighted by molar-refractivity contribution is 0.650. The van der Waals surface area contributed by atoms with Crippen LogP contribution >= 0.6 is 11.3 Å². The molecule has 18 heavy (non-hydrogen) atoms. The Balaban J connectivity index is 2.28. The van der Waals surface area contributed by atoms with Gasteiger partial charge in [0.05, 0.1) is 11.2 Å². The third-order valence-corrected chi connectivity index (χ3v) is 3.92. The van der Waals surface area contributed by atoms with E-state index in [1.165, 1.54) is 4.88 Å². The lowest BCUT2D eigenvalue weighted by Crippen LogP contribution is -2.25. The number of pyridine rings is 1. The summed E-state index contributed by atoms with van der Waals surface area (Å²) in [6.07, 6.45) is 0.770. The van der Waals surface area contributed by atoms with E-state index in [2.05, 4.69) is 4.98 Å². The first-order valence-corrected chi connectivity index (χ1v) is 6.51. The van der Waals surface area contributed by atoms with Crippen molar-refractivity contribution in [1.82, 2.24) is 9.55 Å². The van der Waals surface area contributed by atoms with Crippen LogP contribution in [-0.4, -0.2) is 9.55 Å². The van der Waals surface area contributed by atoms with Gasteiger partial charge in [0.15, 0.2) is 0 Å². The molecule has 0 amide bonds. The first kappa shape index (κ1) is 12.5. The molecule has 5 heteroatoms. The van der Waals surface area contributed by atoms with Crippen molar-refractivity contribution < 1.29 is 0 Å². The number of nitrogens with zero attached hydrogens (tertiary/aromatic N) is 3. The molecular formula is C13H13N3OS. The minimum absolute atomic E-state index is 0.196. The van der Waals surface area contributed by atoms with Crippen LogP contribution in [0.3, 0.4) is 0 Å². The highest BCUT2D eigenvalue weighted by Crippen LogP contribution is 2.13. The van der Waals surface area contributed by atoms with Crippen molar-refractivity contribution in [3.05, 3.63) is 49.8 Å². The van der Waals surface area contributed by atoms with Gasteiger partial charge < -0.3 is 4.57 Å². The molecule has 0 aliphatic carbocycles. The normalized spacial score (nSPS) is 10.3. The molecule has 0 fully saturated rings. The van der Waals surface area contributed by atoms with Crippen molar-refractivity contribution in [3.63, 3.8) is 0 Å². The van der Waals surface area contributed by atoms with E-state index in [1.54, 1.807) is 28.0 Å². The smallest absolute Gasteiger partial charge is 0.268 e. The maximum atomic E-state index is 12.0. The highest BCUT2D eigenvalue weighted by Gasteiger charge is 2.07. The summed E-state index contributed by atoms with van der Waals surface area (Å²) in [5.41, 5.74) is 3.69. The fraction of sp³-hybridized carbons (Fsp3) is 0.308. The predicted molar refractivity (Wildman–Crippen MR) is 70.7 cm³/mol. The fourth-order valence-corrected chi connectivity index (χ4v) is 2.58. The molecule has 0 aromatic carbocycles. The maximum Gasteiger partial charge on any atom is 0.268 e. The Morgan fingerprint density at radius 1 is 1.44 bits per heavy atom. The third-order valence-electron chi connectivity index (χ3n) is 2.92. The quantitative estimate of drug-likeness (QED) is 0.847. The topological polar surface area (TPSA) is 58.7 Å². The molecule has 2 aromatic rings. The summed E-state index contributed by atoms with van der Waals surface area (Å²) in [5, 5.41) is 8.86. The van der Waals surface area contributed by atoms with E-state index in [-0.39, 0.29) is 11.1 Å². The van der Waals surface area contributed by atoms with Gasteiger partial charge in [-0.1, -0.05) is 0 Å². The van der Waals surface area contributed by atoms with Gasteiger partial charge >= 0.3 is 0 Å². The van der Waals surface area contributed by atoms with E-state index in [4.69, 9.17) is 5.26 Å². The second-order valence-electron chi connectivity index (χ2n) is 4.07. The zero-order valence-electron chi connectivity index (χ0n) is 10.3. The number of hydrogen-bond acceptors (Lipinski definition) is 4. The zero-order chi connectivity index (χ0) is 13.1. The van der Waals surface area contributed by atoms with Gasteiger partial charge in [0.2, 0.25) is 0 Å². The van der Waals surface area contributed by atoms with Gasteiger partial charge in [0, 0.05) is 23.5 Å². The summed E-state index contributed by atoms with van der Waals surface area (Å²) >= 11 is 1.60. The summed E-state index contributed by atoms with van der Waals surface area (Å²) in [4.78, 5) is 17.4. The number of aromatic nitrogens is 2.